The van der Waals surface area contributed by atoms with E-state index in [2.05, 4.69) is 35.3 Å². The summed E-state index contributed by atoms with van der Waals surface area (Å²) in [6.45, 7) is 2.06. The highest BCUT2D eigenvalue weighted by Gasteiger charge is 1.97. The molecule has 0 radical (unpaired) electrons. The van der Waals surface area contributed by atoms with Gasteiger partial charge in [0.15, 0.2) is 0 Å². The average Bonchev–Trinajstić information content (AvgIpc) is 2.22. The van der Waals surface area contributed by atoms with E-state index in [0.717, 1.165) is 12.1 Å². The van der Waals surface area contributed by atoms with Gasteiger partial charge >= 0.3 is 0 Å². The molecule has 0 atom stereocenters. The fourth-order valence-corrected chi connectivity index (χ4v) is 1.50. The van der Waals surface area contributed by atoms with E-state index < -0.39 is 0 Å². The molecular formula is C12H12N2O. The molecule has 0 amide bonds. The molecule has 0 aliphatic rings. The molecule has 15 heavy (non-hydrogen) atoms. The van der Waals surface area contributed by atoms with Crippen LogP contribution in [0.4, 0.5) is 0 Å². The molecule has 3 nitrogen and oxygen atoms in total. The molecule has 1 heterocycles. The summed E-state index contributed by atoms with van der Waals surface area (Å²) in [6, 6.07) is 11.5. The molecule has 1 aromatic carbocycles. The zero-order valence-electron chi connectivity index (χ0n) is 8.53. The molecule has 3 heteroatoms. The maximum atomic E-state index is 10.8. The van der Waals surface area contributed by atoms with Crippen LogP contribution in [0.25, 0.3) is 0 Å². The number of benzene rings is 1. The predicted octanol–water partition coefficient (Wildman–Crippen LogP) is 1.67. The van der Waals surface area contributed by atoms with Crippen LogP contribution < -0.4 is 5.56 Å². The number of H-pyrrole nitrogens is 1. The summed E-state index contributed by atoms with van der Waals surface area (Å²) >= 11 is 0. The summed E-state index contributed by atoms with van der Waals surface area (Å²) in [4.78, 5) is 10.8. The van der Waals surface area contributed by atoms with Crippen molar-refractivity contribution in [2.24, 2.45) is 0 Å². The van der Waals surface area contributed by atoms with Crippen molar-refractivity contribution in [2.45, 2.75) is 13.3 Å². The summed E-state index contributed by atoms with van der Waals surface area (Å²) in [5.41, 5.74) is 3.15. The number of nitrogens with one attached hydrogen (secondary N) is 1. The van der Waals surface area contributed by atoms with Crippen molar-refractivity contribution in [3.8, 4) is 0 Å². The standard InChI is InChI=1S/C12H12N2O/c1-9-3-2-4-10(7-9)8-11-5-6-12(15)14-13-11/h2-7H,8H2,1H3,(H,14,15). The van der Waals surface area contributed by atoms with E-state index in [-0.39, 0.29) is 5.56 Å². The zero-order valence-corrected chi connectivity index (χ0v) is 8.53. The summed E-state index contributed by atoms with van der Waals surface area (Å²) in [7, 11) is 0. The molecule has 0 saturated carbocycles. The van der Waals surface area contributed by atoms with Gasteiger partial charge in [0.05, 0.1) is 5.69 Å². The topological polar surface area (TPSA) is 45.8 Å². The van der Waals surface area contributed by atoms with Gasteiger partial charge in [0, 0.05) is 12.5 Å². The monoisotopic (exact) mass is 200 g/mol. The van der Waals surface area contributed by atoms with Crippen LogP contribution in [0.5, 0.6) is 0 Å². The van der Waals surface area contributed by atoms with Crippen molar-refractivity contribution in [2.75, 3.05) is 0 Å². The van der Waals surface area contributed by atoms with Crippen LogP contribution in [0, 0.1) is 6.92 Å². The quantitative estimate of drug-likeness (QED) is 0.801. The largest absolute Gasteiger partial charge is 0.268 e. The van der Waals surface area contributed by atoms with Crippen molar-refractivity contribution < 1.29 is 0 Å². The zero-order chi connectivity index (χ0) is 10.7. The Morgan fingerprint density at radius 3 is 2.80 bits per heavy atom. The fraction of sp³-hybridized carbons (Fsp3) is 0.167. The minimum atomic E-state index is -0.164. The molecule has 0 spiro atoms. The first kappa shape index (κ1) is 9.65. The molecule has 0 saturated heterocycles. The molecule has 0 bridgehead atoms. The Morgan fingerprint density at radius 2 is 2.13 bits per heavy atom. The van der Waals surface area contributed by atoms with Crippen LogP contribution >= 0.6 is 0 Å². The third kappa shape index (κ3) is 2.53. The number of aryl methyl sites for hydroxylation is 1. The summed E-state index contributed by atoms with van der Waals surface area (Å²) in [5, 5.41) is 6.39. The normalized spacial score (nSPS) is 10.2. The van der Waals surface area contributed by atoms with E-state index in [1.807, 2.05) is 6.07 Å². The number of hydrogen-bond donors (Lipinski definition) is 1. The predicted molar refractivity (Wildman–Crippen MR) is 58.8 cm³/mol. The van der Waals surface area contributed by atoms with E-state index in [0.29, 0.717) is 0 Å². The van der Waals surface area contributed by atoms with Gasteiger partial charge in [0.1, 0.15) is 0 Å². The number of aromatic nitrogens is 2. The van der Waals surface area contributed by atoms with Gasteiger partial charge in [-0.25, -0.2) is 5.10 Å². The summed E-state index contributed by atoms with van der Waals surface area (Å²) in [5.74, 6) is 0. The van der Waals surface area contributed by atoms with E-state index in [4.69, 9.17) is 0 Å². The molecule has 2 rings (SSSR count). The van der Waals surface area contributed by atoms with Crippen molar-refractivity contribution in [1.29, 1.82) is 0 Å². The Kier molecular flexibility index (Phi) is 2.63. The fourth-order valence-electron chi connectivity index (χ4n) is 1.50. The van der Waals surface area contributed by atoms with Gasteiger partial charge < -0.3 is 0 Å². The van der Waals surface area contributed by atoms with Gasteiger partial charge in [0.2, 0.25) is 0 Å². The van der Waals surface area contributed by atoms with E-state index >= 15 is 0 Å². The first-order valence-electron chi connectivity index (χ1n) is 4.84. The Morgan fingerprint density at radius 1 is 1.27 bits per heavy atom. The Bertz CT molecular complexity index is 497. The molecule has 0 fully saturated rings. The molecule has 0 aliphatic carbocycles. The molecule has 0 unspecified atom stereocenters. The molecular weight excluding hydrogens is 188 g/mol. The average molecular weight is 200 g/mol. The van der Waals surface area contributed by atoms with Crippen LogP contribution in [0.3, 0.4) is 0 Å². The Hall–Kier alpha value is -1.90. The lowest BCUT2D eigenvalue weighted by Gasteiger charge is -2.01. The van der Waals surface area contributed by atoms with E-state index in [1.54, 1.807) is 6.07 Å². The highest BCUT2D eigenvalue weighted by molar-refractivity contribution is 5.25. The smallest absolute Gasteiger partial charge is 0.264 e. The number of aromatic amines is 1. The molecule has 76 valence electrons. The lowest BCUT2D eigenvalue weighted by atomic mass is 10.1. The molecule has 0 aliphatic heterocycles. The van der Waals surface area contributed by atoms with Gasteiger partial charge in [-0.05, 0) is 18.6 Å². The number of hydrogen-bond acceptors (Lipinski definition) is 2. The van der Waals surface area contributed by atoms with Gasteiger partial charge in [-0.1, -0.05) is 29.8 Å². The van der Waals surface area contributed by atoms with Crippen molar-refractivity contribution >= 4 is 0 Å². The van der Waals surface area contributed by atoms with Crippen molar-refractivity contribution in [3.63, 3.8) is 0 Å². The third-order valence-electron chi connectivity index (χ3n) is 2.20. The number of rotatable bonds is 2. The highest BCUT2D eigenvalue weighted by Crippen LogP contribution is 2.07. The van der Waals surface area contributed by atoms with Crippen molar-refractivity contribution in [3.05, 3.63) is 63.6 Å². The Balaban J connectivity index is 2.22. The highest BCUT2D eigenvalue weighted by atomic mass is 16.1. The van der Waals surface area contributed by atoms with Crippen LogP contribution in [0.1, 0.15) is 16.8 Å². The maximum absolute atomic E-state index is 10.8. The van der Waals surface area contributed by atoms with Crippen LogP contribution in [-0.2, 0) is 6.42 Å². The van der Waals surface area contributed by atoms with Gasteiger partial charge in [-0.15, -0.1) is 0 Å². The first-order valence-corrected chi connectivity index (χ1v) is 4.84. The second-order valence-electron chi connectivity index (χ2n) is 3.58. The van der Waals surface area contributed by atoms with E-state index in [1.165, 1.54) is 17.2 Å². The lowest BCUT2D eigenvalue weighted by molar-refractivity contribution is 0.910. The molecule has 1 aromatic heterocycles. The molecule has 2 aromatic rings. The van der Waals surface area contributed by atoms with Crippen LogP contribution in [-0.4, -0.2) is 10.2 Å². The van der Waals surface area contributed by atoms with Crippen LogP contribution in [0.2, 0.25) is 0 Å². The third-order valence-corrected chi connectivity index (χ3v) is 2.20. The lowest BCUT2D eigenvalue weighted by Crippen LogP contribution is -2.07. The maximum Gasteiger partial charge on any atom is 0.264 e. The van der Waals surface area contributed by atoms with Crippen LogP contribution in [0.15, 0.2) is 41.2 Å². The van der Waals surface area contributed by atoms with E-state index in [9.17, 15) is 4.79 Å². The second-order valence-corrected chi connectivity index (χ2v) is 3.58. The SMILES string of the molecule is Cc1cccc(Cc2ccc(=O)[nH]n2)c1. The minimum Gasteiger partial charge on any atom is -0.268 e. The Labute approximate surface area is 87.8 Å². The summed E-state index contributed by atoms with van der Waals surface area (Å²) in [6.07, 6.45) is 0.748. The van der Waals surface area contributed by atoms with Gasteiger partial charge in [-0.3, -0.25) is 4.79 Å². The molecule has 1 N–H and O–H groups in total. The van der Waals surface area contributed by atoms with Gasteiger partial charge in [0.25, 0.3) is 5.56 Å². The minimum absolute atomic E-state index is 0.164. The van der Waals surface area contributed by atoms with Gasteiger partial charge in [-0.2, -0.15) is 5.10 Å². The summed E-state index contributed by atoms with van der Waals surface area (Å²) < 4.78 is 0. The van der Waals surface area contributed by atoms with Crippen molar-refractivity contribution in [1.82, 2.24) is 10.2 Å². The first-order chi connectivity index (χ1) is 7.24. The number of nitrogens with zero attached hydrogens (tertiary/aromatic N) is 1. The second kappa shape index (κ2) is 4.09.